The van der Waals surface area contributed by atoms with Gasteiger partial charge in [0.2, 0.25) is 10.0 Å². The SMILES string of the molecule is CCS(=O)(=O)N1CCN(c2c(F)cccc2F)CC1. The summed E-state index contributed by atoms with van der Waals surface area (Å²) in [5, 5.41) is 0. The van der Waals surface area contributed by atoms with Gasteiger partial charge in [-0.1, -0.05) is 6.07 Å². The molecule has 0 aliphatic carbocycles. The lowest BCUT2D eigenvalue weighted by molar-refractivity contribution is 0.381. The molecule has 1 aromatic rings. The van der Waals surface area contributed by atoms with Crippen LogP contribution >= 0.6 is 0 Å². The lowest BCUT2D eigenvalue weighted by Crippen LogP contribution is -2.49. The average molecular weight is 290 g/mol. The van der Waals surface area contributed by atoms with Crippen LogP contribution in [0.3, 0.4) is 0 Å². The maximum absolute atomic E-state index is 13.6. The van der Waals surface area contributed by atoms with Crippen molar-refractivity contribution in [3.8, 4) is 0 Å². The third-order valence-electron chi connectivity index (χ3n) is 3.25. The molecule has 0 amide bonds. The summed E-state index contributed by atoms with van der Waals surface area (Å²) in [7, 11) is -3.23. The number of hydrogen-bond acceptors (Lipinski definition) is 3. The molecular weight excluding hydrogens is 274 g/mol. The van der Waals surface area contributed by atoms with E-state index in [0.717, 1.165) is 0 Å². The van der Waals surface area contributed by atoms with Gasteiger partial charge in [0.05, 0.1) is 5.75 Å². The molecule has 0 unspecified atom stereocenters. The summed E-state index contributed by atoms with van der Waals surface area (Å²) in [6, 6.07) is 3.72. The predicted octanol–water partition coefficient (Wildman–Crippen LogP) is 1.44. The summed E-state index contributed by atoms with van der Waals surface area (Å²) in [6.45, 7) is 2.67. The van der Waals surface area contributed by atoms with Crippen molar-refractivity contribution in [2.75, 3.05) is 36.8 Å². The molecule has 0 bridgehead atoms. The molecule has 0 spiro atoms. The van der Waals surface area contributed by atoms with Crippen LogP contribution in [0.5, 0.6) is 0 Å². The van der Waals surface area contributed by atoms with Crippen molar-refractivity contribution >= 4 is 15.7 Å². The first kappa shape index (κ1) is 14.2. The normalized spacial score (nSPS) is 17.7. The molecule has 106 valence electrons. The van der Waals surface area contributed by atoms with Gasteiger partial charge in [-0.05, 0) is 19.1 Å². The maximum atomic E-state index is 13.6. The van der Waals surface area contributed by atoms with Gasteiger partial charge in [0, 0.05) is 26.2 Å². The number of nitrogens with zero attached hydrogens (tertiary/aromatic N) is 2. The Bertz CT molecular complexity index is 535. The number of sulfonamides is 1. The Balaban J connectivity index is 2.13. The molecular formula is C12H16F2N2O2S. The minimum atomic E-state index is -3.23. The maximum Gasteiger partial charge on any atom is 0.213 e. The van der Waals surface area contributed by atoms with Gasteiger partial charge in [-0.15, -0.1) is 0 Å². The zero-order valence-electron chi connectivity index (χ0n) is 10.6. The summed E-state index contributed by atoms with van der Waals surface area (Å²) >= 11 is 0. The first-order chi connectivity index (χ1) is 8.95. The van der Waals surface area contributed by atoms with E-state index >= 15 is 0 Å². The van der Waals surface area contributed by atoms with E-state index in [9.17, 15) is 17.2 Å². The quantitative estimate of drug-likeness (QED) is 0.845. The molecule has 0 radical (unpaired) electrons. The van der Waals surface area contributed by atoms with E-state index in [1.54, 1.807) is 11.8 Å². The van der Waals surface area contributed by atoms with Crippen molar-refractivity contribution < 1.29 is 17.2 Å². The van der Waals surface area contributed by atoms with Crippen molar-refractivity contribution in [1.29, 1.82) is 0 Å². The van der Waals surface area contributed by atoms with Crippen LogP contribution in [-0.4, -0.2) is 44.7 Å². The molecule has 1 aliphatic heterocycles. The summed E-state index contributed by atoms with van der Waals surface area (Å²) in [6.07, 6.45) is 0. The molecule has 0 aromatic heterocycles. The highest BCUT2D eigenvalue weighted by atomic mass is 32.2. The second-order valence-corrected chi connectivity index (χ2v) is 6.61. The summed E-state index contributed by atoms with van der Waals surface area (Å²) < 4.78 is 52.0. The van der Waals surface area contributed by atoms with Crippen LogP contribution < -0.4 is 4.90 Å². The highest BCUT2D eigenvalue weighted by Crippen LogP contribution is 2.24. The van der Waals surface area contributed by atoms with E-state index < -0.39 is 21.7 Å². The highest BCUT2D eigenvalue weighted by Gasteiger charge is 2.27. The van der Waals surface area contributed by atoms with Crippen LogP contribution in [0.1, 0.15) is 6.92 Å². The lowest BCUT2D eigenvalue weighted by Gasteiger charge is -2.35. The third-order valence-corrected chi connectivity index (χ3v) is 5.13. The lowest BCUT2D eigenvalue weighted by atomic mass is 10.2. The van der Waals surface area contributed by atoms with E-state index in [1.165, 1.54) is 22.5 Å². The number of para-hydroxylation sites is 1. The van der Waals surface area contributed by atoms with Crippen LogP contribution in [-0.2, 0) is 10.0 Å². The van der Waals surface area contributed by atoms with Gasteiger partial charge >= 0.3 is 0 Å². The number of halogens is 2. The average Bonchev–Trinajstić information content (AvgIpc) is 2.39. The summed E-state index contributed by atoms with van der Waals surface area (Å²) in [5.41, 5.74) is -0.0731. The first-order valence-electron chi connectivity index (χ1n) is 6.12. The first-order valence-corrected chi connectivity index (χ1v) is 7.73. The fourth-order valence-corrected chi connectivity index (χ4v) is 3.25. The second kappa shape index (κ2) is 5.42. The molecule has 1 heterocycles. The van der Waals surface area contributed by atoms with Gasteiger partial charge in [-0.3, -0.25) is 0 Å². The Morgan fingerprint density at radius 1 is 1.11 bits per heavy atom. The summed E-state index contributed by atoms with van der Waals surface area (Å²) in [4.78, 5) is 1.55. The largest absolute Gasteiger partial charge is 0.364 e. The number of rotatable bonds is 3. The number of benzene rings is 1. The molecule has 7 heteroatoms. The Labute approximate surface area is 111 Å². The Morgan fingerprint density at radius 2 is 1.63 bits per heavy atom. The van der Waals surface area contributed by atoms with Crippen LogP contribution in [0, 0.1) is 11.6 Å². The topological polar surface area (TPSA) is 40.6 Å². The van der Waals surface area contributed by atoms with E-state index in [4.69, 9.17) is 0 Å². The van der Waals surface area contributed by atoms with Gasteiger partial charge in [0.15, 0.2) is 0 Å². The Morgan fingerprint density at radius 3 is 2.11 bits per heavy atom. The molecule has 1 aliphatic rings. The Hall–Kier alpha value is -1.21. The minimum absolute atomic E-state index is 0.0427. The van der Waals surface area contributed by atoms with Gasteiger partial charge in [0.1, 0.15) is 17.3 Å². The third kappa shape index (κ3) is 2.87. The van der Waals surface area contributed by atoms with E-state index in [-0.39, 0.29) is 37.6 Å². The van der Waals surface area contributed by atoms with Gasteiger partial charge in [-0.2, -0.15) is 4.31 Å². The molecule has 0 N–H and O–H groups in total. The summed E-state index contributed by atoms with van der Waals surface area (Å²) in [5.74, 6) is -1.19. The van der Waals surface area contributed by atoms with Crippen LogP contribution in [0.25, 0.3) is 0 Å². The van der Waals surface area contributed by atoms with Crippen LogP contribution in [0.2, 0.25) is 0 Å². The number of hydrogen-bond donors (Lipinski definition) is 0. The standard InChI is InChI=1S/C12H16F2N2O2S/c1-2-19(17,18)16-8-6-15(7-9-16)12-10(13)4-3-5-11(12)14/h3-5H,2,6-9H2,1H3. The monoisotopic (exact) mass is 290 g/mol. The van der Waals surface area contributed by atoms with Gasteiger partial charge in [-0.25, -0.2) is 17.2 Å². The van der Waals surface area contributed by atoms with Crippen molar-refractivity contribution in [3.05, 3.63) is 29.8 Å². The molecule has 2 rings (SSSR count). The molecule has 4 nitrogen and oxygen atoms in total. The molecule has 1 aromatic carbocycles. The molecule has 1 fully saturated rings. The van der Waals surface area contributed by atoms with Gasteiger partial charge in [0.25, 0.3) is 0 Å². The molecule has 0 atom stereocenters. The fraction of sp³-hybridized carbons (Fsp3) is 0.500. The van der Waals surface area contributed by atoms with Crippen LogP contribution in [0.15, 0.2) is 18.2 Å². The molecule has 1 saturated heterocycles. The second-order valence-electron chi connectivity index (χ2n) is 4.36. The van der Waals surface area contributed by atoms with Crippen molar-refractivity contribution in [2.45, 2.75) is 6.92 Å². The van der Waals surface area contributed by atoms with E-state index in [0.29, 0.717) is 0 Å². The molecule has 0 saturated carbocycles. The zero-order chi connectivity index (χ0) is 14.0. The van der Waals surface area contributed by atoms with Crippen molar-refractivity contribution in [3.63, 3.8) is 0 Å². The van der Waals surface area contributed by atoms with Crippen molar-refractivity contribution in [2.24, 2.45) is 0 Å². The Kier molecular flexibility index (Phi) is 4.05. The smallest absolute Gasteiger partial charge is 0.213 e. The minimum Gasteiger partial charge on any atom is -0.364 e. The van der Waals surface area contributed by atoms with E-state index in [2.05, 4.69) is 0 Å². The van der Waals surface area contributed by atoms with Gasteiger partial charge < -0.3 is 4.90 Å². The van der Waals surface area contributed by atoms with Crippen LogP contribution in [0.4, 0.5) is 14.5 Å². The number of piperazine rings is 1. The number of anilines is 1. The fourth-order valence-electron chi connectivity index (χ4n) is 2.16. The van der Waals surface area contributed by atoms with E-state index in [1.807, 2.05) is 0 Å². The predicted molar refractivity (Wildman–Crippen MR) is 69.6 cm³/mol. The van der Waals surface area contributed by atoms with Crippen molar-refractivity contribution in [1.82, 2.24) is 4.31 Å². The zero-order valence-corrected chi connectivity index (χ0v) is 11.5. The highest BCUT2D eigenvalue weighted by molar-refractivity contribution is 7.89. The molecule has 19 heavy (non-hydrogen) atoms.